The molecule has 1 aliphatic carbocycles. The van der Waals surface area contributed by atoms with Crippen LogP contribution < -0.4 is 16.0 Å². The van der Waals surface area contributed by atoms with Gasteiger partial charge in [0.25, 0.3) is 0 Å². The zero-order chi connectivity index (χ0) is 25.3. The molecule has 0 fully saturated rings. The van der Waals surface area contributed by atoms with E-state index in [2.05, 4.69) is 21.2 Å². The van der Waals surface area contributed by atoms with Crippen molar-refractivity contribution in [2.45, 2.75) is 32.1 Å². The summed E-state index contributed by atoms with van der Waals surface area (Å²) < 4.78 is 6.00. The lowest BCUT2D eigenvalue weighted by atomic mass is 9.60. The number of carbonyl (C=O) groups is 3. The second-order valence-electron chi connectivity index (χ2n) is 9.72. The normalized spacial score (nSPS) is 22.8. The van der Waals surface area contributed by atoms with E-state index in [1.165, 1.54) is 7.11 Å². The Labute approximate surface area is 216 Å². The van der Waals surface area contributed by atoms with Crippen LogP contribution >= 0.6 is 27.5 Å². The van der Waals surface area contributed by atoms with Gasteiger partial charge in [-0.3, -0.25) is 14.5 Å². The summed E-state index contributed by atoms with van der Waals surface area (Å²) in [6.45, 7) is 3.99. The first-order valence-corrected chi connectivity index (χ1v) is 12.2. The smallest absolute Gasteiger partial charge is 0.339 e. The number of benzene rings is 2. The summed E-state index contributed by atoms with van der Waals surface area (Å²) in [7, 11) is 1.22. The number of nitrogens with zero attached hydrogens (tertiary/aromatic N) is 1. The molecule has 2 aliphatic heterocycles. The van der Waals surface area contributed by atoms with Crippen LogP contribution in [0.1, 0.15) is 32.3 Å². The molecule has 3 aliphatic rings. The third-order valence-corrected chi connectivity index (χ3v) is 7.58. The standard InChI is InChI=1S/C26H23BrClN3O4/c1-25(2)11-18-20(19(32)12-25)26(16-10-14(28)6-9-17(16)30-24(26)34)21(23(33)35-3)22(29)31(18)15-7-4-13(27)5-8-15/h4-10H,11-12,29H2,1-3H3,(H,30,34). The second kappa shape index (κ2) is 7.96. The topological polar surface area (TPSA) is 102 Å². The number of hydrogen-bond donors (Lipinski definition) is 2. The molecule has 2 heterocycles. The Hall–Kier alpha value is -3.10. The summed E-state index contributed by atoms with van der Waals surface area (Å²) in [5, 5.41) is 3.21. The van der Waals surface area contributed by atoms with Crippen molar-refractivity contribution in [3.8, 4) is 0 Å². The first-order chi connectivity index (χ1) is 16.5. The lowest BCUT2D eigenvalue weighted by molar-refractivity contribution is -0.138. The number of ether oxygens (including phenoxy) is 1. The Kier molecular flexibility index (Phi) is 5.38. The number of anilines is 2. The summed E-state index contributed by atoms with van der Waals surface area (Å²) in [5.74, 6) is -1.52. The highest BCUT2D eigenvalue weighted by Crippen LogP contribution is 2.57. The van der Waals surface area contributed by atoms with Gasteiger partial charge in [0.1, 0.15) is 16.8 Å². The van der Waals surface area contributed by atoms with Gasteiger partial charge in [0.05, 0.1) is 7.11 Å². The molecule has 0 saturated carbocycles. The highest BCUT2D eigenvalue weighted by atomic mass is 79.9. The van der Waals surface area contributed by atoms with E-state index >= 15 is 0 Å². The molecule has 9 heteroatoms. The molecule has 2 aromatic rings. The Morgan fingerprint density at radius 3 is 2.49 bits per heavy atom. The van der Waals surface area contributed by atoms with Gasteiger partial charge in [0.2, 0.25) is 5.91 Å². The third kappa shape index (κ3) is 3.34. The summed E-state index contributed by atoms with van der Waals surface area (Å²) >= 11 is 9.79. The first kappa shape index (κ1) is 23.6. The number of nitrogens with two attached hydrogens (primary N) is 1. The molecule has 1 spiro atoms. The lowest BCUT2D eigenvalue weighted by Gasteiger charge is -2.47. The average Bonchev–Trinajstić information content (AvgIpc) is 3.05. The van der Waals surface area contributed by atoms with Gasteiger partial charge >= 0.3 is 5.97 Å². The van der Waals surface area contributed by atoms with Crippen LogP contribution in [0.2, 0.25) is 5.02 Å². The fourth-order valence-corrected chi connectivity index (χ4v) is 5.93. The minimum atomic E-state index is -1.77. The first-order valence-electron chi connectivity index (χ1n) is 11.0. The highest BCUT2D eigenvalue weighted by molar-refractivity contribution is 9.10. The van der Waals surface area contributed by atoms with Crippen molar-refractivity contribution in [3.63, 3.8) is 0 Å². The molecule has 35 heavy (non-hydrogen) atoms. The number of esters is 1. The zero-order valence-electron chi connectivity index (χ0n) is 19.4. The highest BCUT2D eigenvalue weighted by Gasteiger charge is 2.63. The Morgan fingerprint density at radius 1 is 1.14 bits per heavy atom. The molecule has 5 rings (SSSR count). The molecular formula is C26H23BrClN3O4. The predicted octanol–water partition coefficient (Wildman–Crippen LogP) is 4.80. The fourth-order valence-electron chi connectivity index (χ4n) is 5.49. The SMILES string of the molecule is COC(=O)C1=C(N)N(c2ccc(Br)cc2)C2=C(C(=O)CC(C)(C)C2)C12C(=O)Nc1ccc(Cl)cc12. The van der Waals surface area contributed by atoms with Crippen molar-refractivity contribution in [3.05, 3.63) is 80.2 Å². The van der Waals surface area contributed by atoms with Crippen LogP contribution in [-0.2, 0) is 24.5 Å². The Morgan fingerprint density at radius 2 is 1.83 bits per heavy atom. The maximum atomic E-state index is 13.9. The Balaban J connectivity index is 1.93. The van der Waals surface area contributed by atoms with E-state index in [0.717, 1.165) is 4.47 Å². The number of allylic oxidation sites excluding steroid dienone is 1. The maximum absolute atomic E-state index is 13.9. The largest absolute Gasteiger partial charge is 0.466 e. The van der Waals surface area contributed by atoms with Gasteiger partial charge in [-0.2, -0.15) is 0 Å². The number of methoxy groups -OCH3 is 1. The minimum Gasteiger partial charge on any atom is -0.466 e. The van der Waals surface area contributed by atoms with E-state index in [0.29, 0.717) is 34.1 Å². The van der Waals surface area contributed by atoms with E-state index in [4.69, 9.17) is 22.1 Å². The monoisotopic (exact) mass is 555 g/mol. The molecule has 1 atom stereocenters. The van der Waals surface area contributed by atoms with Gasteiger partial charge in [0.15, 0.2) is 5.78 Å². The van der Waals surface area contributed by atoms with Crippen molar-refractivity contribution >= 4 is 56.6 Å². The molecule has 0 bridgehead atoms. The van der Waals surface area contributed by atoms with Gasteiger partial charge in [0, 0.05) is 44.1 Å². The van der Waals surface area contributed by atoms with Crippen molar-refractivity contribution in [1.29, 1.82) is 0 Å². The molecule has 1 amide bonds. The number of carbonyl (C=O) groups excluding carboxylic acids is 3. The zero-order valence-corrected chi connectivity index (χ0v) is 21.7. The van der Waals surface area contributed by atoms with Crippen molar-refractivity contribution in [1.82, 2.24) is 0 Å². The van der Waals surface area contributed by atoms with Gasteiger partial charge < -0.3 is 15.8 Å². The summed E-state index contributed by atoms with van der Waals surface area (Å²) in [6.07, 6.45) is 0.670. The number of halogens is 2. The number of amides is 1. The van der Waals surface area contributed by atoms with Gasteiger partial charge in [-0.05, 0) is 54.3 Å². The summed E-state index contributed by atoms with van der Waals surface area (Å²) in [5.41, 5.74) is 6.84. The Bertz CT molecular complexity index is 1380. The predicted molar refractivity (Wildman–Crippen MR) is 137 cm³/mol. The van der Waals surface area contributed by atoms with E-state index in [-0.39, 0.29) is 34.6 Å². The fraction of sp³-hybridized carbons (Fsp3) is 0.269. The van der Waals surface area contributed by atoms with E-state index in [9.17, 15) is 14.4 Å². The average molecular weight is 557 g/mol. The number of nitrogens with one attached hydrogen (secondary N) is 1. The minimum absolute atomic E-state index is 0.0337. The van der Waals surface area contributed by atoms with Crippen LogP contribution in [0.15, 0.2) is 69.6 Å². The van der Waals surface area contributed by atoms with E-state index in [1.807, 2.05) is 38.1 Å². The maximum Gasteiger partial charge on any atom is 0.339 e. The number of rotatable bonds is 2. The number of hydrogen-bond acceptors (Lipinski definition) is 6. The molecule has 180 valence electrons. The van der Waals surface area contributed by atoms with Crippen LogP contribution in [-0.4, -0.2) is 24.8 Å². The van der Waals surface area contributed by atoms with Crippen LogP contribution in [0, 0.1) is 5.41 Å². The second-order valence-corrected chi connectivity index (χ2v) is 11.1. The van der Waals surface area contributed by atoms with Crippen LogP contribution in [0.5, 0.6) is 0 Å². The molecule has 2 aromatic carbocycles. The molecule has 0 saturated heterocycles. The number of ketones is 1. The summed E-state index contributed by atoms with van der Waals surface area (Å²) in [4.78, 5) is 42.9. The van der Waals surface area contributed by atoms with Gasteiger partial charge in [-0.25, -0.2) is 4.79 Å². The van der Waals surface area contributed by atoms with Crippen molar-refractivity contribution in [2.75, 3.05) is 17.3 Å². The molecule has 0 radical (unpaired) electrons. The van der Waals surface area contributed by atoms with Crippen LogP contribution in [0.4, 0.5) is 11.4 Å². The molecular weight excluding hydrogens is 534 g/mol. The quantitative estimate of drug-likeness (QED) is 0.516. The third-order valence-electron chi connectivity index (χ3n) is 6.82. The van der Waals surface area contributed by atoms with Crippen LogP contribution in [0.3, 0.4) is 0 Å². The lowest BCUT2D eigenvalue weighted by Crippen LogP contribution is -2.54. The number of fused-ring (bicyclic) bond motifs is 3. The van der Waals surface area contributed by atoms with E-state index in [1.54, 1.807) is 23.1 Å². The molecule has 1 unspecified atom stereocenters. The molecule has 0 aromatic heterocycles. The van der Waals surface area contributed by atoms with Crippen molar-refractivity contribution < 1.29 is 19.1 Å². The molecule has 3 N–H and O–H groups in total. The van der Waals surface area contributed by atoms with E-state index < -0.39 is 17.3 Å². The van der Waals surface area contributed by atoms with Gasteiger partial charge in [-0.1, -0.05) is 41.4 Å². The number of Topliss-reactive ketones (excluding diaryl/α,β-unsaturated/α-hetero) is 1. The van der Waals surface area contributed by atoms with Crippen molar-refractivity contribution in [2.24, 2.45) is 11.1 Å². The van der Waals surface area contributed by atoms with Gasteiger partial charge in [-0.15, -0.1) is 0 Å². The molecule has 7 nitrogen and oxygen atoms in total. The summed E-state index contributed by atoms with van der Waals surface area (Å²) in [6, 6.07) is 12.3. The van der Waals surface area contributed by atoms with Crippen LogP contribution in [0.25, 0.3) is 0 Å².